The lowest BCUT2D eigenvalue weighted by Gasteiger charge is -2.35. The van der Waals surface area contributed by atoms with Gasteiger partial charge in [0.15, 0.2) is 5.78 Å². The molecule has 5 heteroatoms. The molecule has 0 aromatic heterocycles. The summed E-state index contributed by atoms with van der Waals surface area (Å²) < 4.78 is 5.86. The number of fused-ring (bicyclic) bond motifs is 1. The minimum Gasteiger partial charge on any atom is -0.507 e. The Morgan fingerprint density at radius 2 is 1.90 bits per heavy atom. The van der Waals surface area contributed by atoms with Crippen LogP contribution in [0.5, 0.6) is 17.2 Å². The van der Waals surface area contributed by atoms with Gasteiger partial charge < -0.3 is 20.1 Å². The Hall–Kier alpha value is -1.75. The van der Waals surface area contributed by atoms with Crippen molar-refractivity contribution in [2.24, 2.45) is 5.92 Å². The molecule has 0 spiro atoms. The molecule has 1 aliphatic rings. The monoisotopic (exact) mass is 294 g/mol. The number of carbonyl (C=O) groups excluding carboxylic acids is 1. The topological polar surface area (TPSA) is 87.0 Å². The van der Waals surface area contributed by atoms with Crippen molar-refractivity contribution in [3.8, 4) is 17.2 Å². The lowest BCUT2D eigenvalue weighted by molar-refractivity contribution is 0.0774. The Morgan fingerprint density at radius 3 is 2.43 bits per heavy atom. The Kier molecular flexibility index (Phi) is 3.89. The van der Waals surface area contributed by atoms with Gasteiger partial charge in [-0.2, -0.15) is 0 Å². The van der Waals surface area contributed by atoms with Crippen LogP contribution in [0.2, 0.25) is 0 Å². The van der Waals surface area contributed by atoms with Crippen molar-refractivity contribution in [1.29, 1.82) is 0 Å². The van der Waals surface area contributed by atoms with Gasteiger partial charge in [-0.05, 0) is 26.7 Å². The summed E-state index contributed by atoms with van der Waals surface area (Å²) in [6.45, 7) is 6.72. The predicted molar refractivity (Wildman–Crippen MR) is 77.9 cm³/mol. The Balaban J connectivity index is 2.76. The molecule has 2 rings (SSSR count). The first-order valence-corrected chi connectivity index (χ1v) is 7.13. The Morgan fingerprint density at radius 1 is 1.29 bits per heavy atom. The SMILES string of the molecule is CC(C)C(=O)c1c(O)c(CO)c(O)c2c1OC(C)(C)CC2. The molecule has 0 amide bonds. The smallest absolute Gasteiger partial charge is 0.172 e. The molecule has 0 radical (unpaired) electrons. The molecule has 1 aromatic rings. The van der Waals surface area contributed by atoms with E-state index in [0.29, 0.717) is 18.4 Å². The Labute approximate surface area is 124 Å². The molecule has 1 aliphatic heterocycles. The first-order chi connectivity index (χ1) is 9.69. The molecule has 5 nitrogen and oxygen atoms in total. The number of Topliss-reactive ketones (excluding diaryl/α,β-unsaturated/α-hetero) is 1. The van der Waals surface area contributed by atoms with Gasteiger partial charge in [-0.25, -0.2) is 0 Å². The van der Waals surface area contributed by atoms with E-state index in [0.717, 1.165) is 0 Å². The summed E-state index contributed by atoms with van der Waals surface area (Å²) in [6, 6.07) is 0. The predicted octanol–water partition coefficient (Wildman–Crippen LogP) is 2.53. The van der Waals surface area contributed by atoms with Crippen LogP contribution in [0.4, 0.5) is 0 Å². The van der Waals surface area contributed by atoms with Crippen LogP contribution in [0.25, 0.3) is 0 Å². The Bertz CT molecular complexity index is 587. The molecule has 0 aliphatic carbocycles. The molecule has 0 saturated carbocycles. The van der Waals surface area contributed by atoms with E-state index < -0.39 is 12.2 Å². The van der Waals surface area contributed by atoms with Gasteiger partial charge in [-0.1, -0.05) is 13.8 Å². The maximum absolute atomic E-state index is 12.4. The summed E-state index contributed by atoms with van der Waals surface area (Å²) in [5.74, 6) is -0.913. The minimum absolute atomic E-state index is 0.0129. The highest BCUT2D eigenvalue weighted by Crippen LogP contribution is 2.48. The summed E-state index contributed by atoms with van der Waals surface area (Å²) >= 11 is 0. The molecule has 116 valence electrons. The summed E-state index contributed by atoms with van der Waals surface area (Å²) in [6.07, 6.45) is 1.21. The zero-order valence-corrected chi connectivity index (χ0v) is 12.9. The van der Waals surface area contributed by atoms with Crippen LogP contribution in [0.1, 0.15) is 55.6 Å². The fourth-order valence-electron chi connectivity index (χ4n) is 2.58. The fourth-order valence-corrected chi connectivity index (χ4v) is 2.58. The van der Waals surface area contributed by atoms with Crippen molar-refractivity contribution >= 4 is 5.78 Å². The molecule has 0 bridgehead atoms. The molecule has 3 N–H and O–H groups in total. The van der Waals surface area contributed by atoms with Crippen molar-refractivity contribution in [3.63, 3.8) is 0 Å². The molecule has 1 heterocycles. The minimum atomic E-state index is -0.535. The van der Waals surface area contributed by atoms with E-state index in [-0.39, 0.29) is 40.1 Å². The average Bonchev–Trinajstić information content (AvgIpc) is 2.37. The van der Waals surface area contributed by atoms with Crippen molar-refractivity contribution < 1.29 is 24.9 Å². The third-order valence-corrected chi connectivity index (χ3v) is 3.88. The van der Waals surface area contributed by atoms with Crippen LogP contribution in [-0.2, 0) is 13.0 Å². The highest BCUT2D eigenvalue weighted by atomic mass is 16.5. The number of aromatic hydroxyl groups is 2. The summed E-state index contributed by atoms with van der Waals surface area (Å²) in [4.78, 5) is 12.4. The van der Waals surface area contributed by atoms with Gasteiger partial charge >= 0.3 is 0 Å². The number of benzene rings is 1. The maximum atomic E-state index is 12.4. The highest BCUT2D eigenvalue weighted by molar-refractivity contribution is 6.03. The second kappa shape index (κ2) is 5.22. The highest BCUT2D eigenvalue weighted by Gasteiger charge is 2.36. The van der Waals surface area contributed by atoms with E-state index in [1.807, 2.05) is 13.8 Å². The maximum Gasteiger partial charge on any atom is 0.172 e. The molecule has 0 saturated heterocycles. The number of ether oxygens (including phenoxy) is 1. The molecule has 0 fully saturated rings. The van der Waals surface area contributed by atoms with E-state index in [1.165, 1.54) is 0 Å². The van der Waals surface area contributed by atoms with Gasteiger partial charge in [0.25, 0.3) is 0 Å². The number of aliphatic hydroxyl groups is 1. The standard InChI is InChI=1S/C16H22O5/c1-8(2)12(18)11-14(20)10(7-17)13(19)9-5-6-16(3,4)21-15(9)11/h8,17,19-20H,5-7H2,1-4H3. The zero-order valence-electron chi connectivity index (χ0n) is 12.9. The summed E-state index contributed by atoms with van der Waals surface area (Å²) in [5, 5.41) is 29.9. The quantitative estimate of drug-likeness (QED) is 0.746. The van der Waals surface area contributed by atoms with Gasteiger partial charge in [0.1, 0.15) is 28.4 Å². The van der Waals surface area contributed by atoms with Crippen molar-refractivity contribution in [2.45, 2.75) is 52.7 Å². The lowest BCUT2D eigenvalue weighted by Crippen LogP contribution is -2.34. The van der Waals surface area contributed by atoms with Crippen LogP contribution >= 0.6 is 0 Å². The number of carbonyl (C=O) groups is 1. The average molecular weight is 294 g/mol. The second-order valence-electron chi connectivity index (χ2n) is 6.40. The normalized spacial score (nSPS) is 16.5. The largest absolute Gasteiger partial charge is 0.507 e. The van der Waals surface area contributed by atoms with Crippen molar-refractivity contribution in [3.05, 3.63) is 16.7 Å². The molecule has 0 atom stereocenters. The molecular weight excluding hydrogens is 272 g/mol. The van der Waals surface area contributed by atoms with E-state index in [4.69, 9.17) is 4.74 Å². The van der Waals surface area contributed by atoms with Crippen LogP contribution in [0, 0.1) is 5.92 Å². The molecular formula is C16H22O5. The van der Waals surface area contributed by atoms with Crippen molar-refractivity contribution in [2.75, 3.05) is 0 Å². The molecule has 0 unspecified atom stereocenters. The van der Waals surface area contributed by atoms with E-state index in [2.05, 4.69) is 0 Å². The van der Waals surface area contributed by atoms with Crippen LogP contribution in [0.3, 0.4) is 0 Å². The summed E-state index contributed by atoms with van der Waals surface area (Å²) in [5.41, 5.74) is 0.0642. The zero-order chi connectivity index (χ0) is 15.9. The van der Waals surface area contributed by atoms with Gasteiger partial charge in [-0.3, -0.25) is 4.79 Å². The van der Waals surface area contributed by atoms with Gasteiger partial charge in [0.05, 0.1) is 12.2 Å². The molecule has 21 heavy (non-hydrogen) atoms. The number of aliphatic hydroxyl groups excluding tert-OH is 1. The fraction of sp³-hybridized carbons (Fsp3) is 0.562. The number of hydrogen-bond donors (Lipinski definition) is 3. The first kappa shape index (κ1) is 15.6. The van der Waals surface area contributed by atoms with Crippen molar-refractivity contribution in [1.82, 2.24) is 0 Å². The summed E-state index contributed by atoms with van der Waals surface area (Å²) in [7, 11) is 0. The van der Waals surface area contributed by atoms with Crippen LogP contribution < -0.4 is 4.74 Å². The lowest BCUT2D eigenvalue weighted by atomic mass is 9.87. The van der Waals surface area contributed by atoms with Crippen LogP contribution in [0.15, 0.2) is 0 Å². The van der Waals surface area contributed by atoms with Gasteiger partial charge in [-0.15, -0.1) is 0 Å². The number of hydrogen-bond acceptors (Lipinski definition) is 5. The van der Waals surface area contributed by atoms with E-state index in [1.54, 1.807) is 13.8 Å². The molecule has 1 aromatic carbocycles. The second-order valence-corrected chi connectivity index (χ2v) is 6.40. The van der Waals surface area contributed by atoms with E-state index >= 15 is 0 Å². The van der Waals surface area contributed by atoms with E-state index in [9.17, 15) is 20.1 Å². The number of rotatable bonds is 3. The van der Waals surface area contributed by atoms with Gasteiger partial charge in [0.2, 0.25) is 0 Å². The number of phenols is 2. The number of ketones is 1. The third kappa shape index (κ3) is 2.58. The van der Waals surface area contributed by atoms with Crippen LogP contribution in [-0.4, -0.2) is 26.7 Å². The van der Waals surface area contributed by atoms with Gasteiger partial charge in [0, 0.05) is 11.5 Å². The first-order valence-electron chi connectivity index (χ1n) is 7.13. The third-order valence-electron chi connectivity index (χ3n) is 3.88.